The predicted molar refractivity (Wildman–Crippen MR) is 312 cm³/mol. The topological polar surface area (TPSA) is 32.8 Å². The predicted octanol–water partition coefficient (Wildman–Crippen LogP) is 20.5. The lowest BCUT2D eigenvalue weighted by Gasteiger charge is -2.28. The van der Waals surface area contributed by atoms with Crippen molar-refractivity contribution in [3.8, 4) is 44.9 Å². The zero-order valence-electron chi connectivity index (χ0n) is 42.8. The smallest absolute Gasteiger partial charge is 0.135 e. The highest BCUT2D eigenvalue weighted by Crippen LogP contribution is 2.43. The monoisotopic (exact) mass is 958 g/mol. The van der Waals surface area contributed by atoms with Crippen LogP contribution in [0.1, 0.15) is 52.7 Å². The molecule has 12 rings (SSSR count). The van der Waals surface area contributed by atoms with Crippen molar-refractivity contribution in [1.82, 2.24) is 0 Å². The summed E-state index contributed by atoms with van der Waals surface area (Å²) in [6.07, 6.45) is 0. The fourth-order valence-electron chi connectivity index (χ4n) is 10.2. The van der Waals surface area contributed by atoms with Crippen molar-refractivity contribution in [2.24, 2.45) is 0 Å². The summed E-state index contributed by atoms with van der Waals surface area (Å²) < 4.78 is 13.3. The van der Waals surface area contributed by atoms with E-state index in [1.807, 2.05) is 0 Å². The molecule has 0 saturated heterocycles. The lowest BCUT2D eigenvalue weighted by atomic mass is 9.87. The standard InChI is InChI=1S/C70H58N2O2/c1-69(2,3)57-23-15-27-63(45-57)71(61-25-13-21-51(39-61)47-17-9-7-10-18-47)59-33-29-49(30-34-59)65-43-55-37-53-38-56-44-66(74-68(56)42-54(53)41-67(55)73-65)50-31-35-60(36-32-50)72(64-28-16-24-58(46-64)70(4,5)6)62-26-14-22-52(40-62)48-19-11-8-12-20-48/h7-46H,1-6H3. The van der Waals surface area contributed by atoms with Gasteiger partial charge in [-0.05, 0) is 188 Å². The van der Waals surface area contributed by atoms with Crippen molar-refractivity contribution in [3.05, 3.63) is 254 Å². The first-order valence-corrected chi connectivity index (χ1v) is 25.6. The Hall–Kier alpha value is -8.86. The molecule has 0 amide bonds. The van der Waals surface area contributed by atoms with Crippen LogP contribution in [-0.4, -0.2) is 0 Å². The lowest BCUT2D eigenvalue weighted by molar-refractivity contribution is 0.590. The molecule has 10 aromatic carbocycles. The van der Waals surface area contributed by atoms with Gasteiger partial charge >= 0.3 is 0 Å². The van der Waals surface area contributed by atoms with Gasteiger partial charge in [-0.2, -0.15) is 0 Å². The van der Waals surface area contributed by atoms with E-state index in [1.165, 1.54) is 33.4 Å². The molecule has 0 saturated carbocycles. The van der Waals surface area contributed by atoms with Gasteiger partial charge in [0.15, 0.2) is 0 Å². The molecule has 4 nitrogen and oxygen atoms in total. The van der Waals surface area contributed by atoms with Crippen LogP contribution in [0.3, 0.4) is 0 Å². The van der Waals surface area contributed by atoms with Gasteiger partial charge in [-0.25, -0.2) is 0 Å². The molecule has 0 fully saturated rings. The molecule has 0 N–H and O–H groups in total. The third kappa shape index (κ3) is 9.16. The molecular weight excluding hydrogens is 901 g/mol. The molecule has 12 aromatic rings. The molecule has 0 aliphatic heterocycles. The Bertz CT molecular complexity index is 3640. The zero-order valence-corrected chi connectivity index (χ0v) is 42.8. The summed E-state index contributed by atoms with van der Waals surface area (Å²) in [4.78, 5) is 4.70. The highest BCUT2D eigenvalue weighted by molar-refractivity contribution is 6.04. The molecule has 0 aliphatic carbocycles. The minimum Gasteiger partial charge on any atom is -0.456 e. The number of anilines is 6. The van der Waals surface area contributed by atoms with Crippen molar-refractivity contribution < 1.29 is 8.83 Å². The summed E-state index contributed by atoms with van der Waals surface area (Å²) in [6, 6.07) is 87.1. The summed E-state index contributed by atoms with van der Waals surface area (Å²) in [5, 5.41) is 4.31. The Morgan fingerprint density at radius 3 is 1.00 bits per heavy atom. The van der Waals surface area contributed by atoms with Crippen LogP contribution in [-0.2, 0) is 10.8 Å². The average Bonchev–Trinajstić information content (AvgIpc) is 4.04. The van der Waals surface area contributed by atoms with E-state index in [4.69, 9.17) is 8.83 Å². The summed E-state index contributed by atoms with van der Waals surface area (Å²) in [5.41, 5.74) is 17.6. The van der Waals surface area contributed by atoms with Gasteiger partial charge in [0, 0.05) is 56.0 Å². The average molecular weight is 959 g/mol. The summed E-state index contributed by atoms with van der Waals surface area (Å²) in [6.45, 7) is 13.6. The maximum atomic E-state index is 6.63. The molecule has 0 aliphatic rings. The van der Waals surface area contributed by atoms with Crippen LogP contribution in [0.2, 0.25) is 0 Å². The molecule has 0 unspecified atom stereocenters. The highest BCUT2D eigenvalue weighted by Gasteiger charge is 2.21. The van der Waals surface area contributed by atoms with Gasteiger partial charge in [0.05, 0.1) is 0 Å². The van der Waals surface area contributed by atoms with Crippen LogP contribution in [0, 0.1) is 0 Å². The molecule has 2 heterocycles. The van der Waals surface area contributed by atoms with Crippen LogP contribution < -0.4 is 9.80 Å². The molecule has 0 bridgehead atoms. The van der Waals surface area contributed by atoms with Crippen LogP contribution in [0.25, 0.3) is 77.6 Å². The number of hydrogen-bond acceptors (Lipinski definition) is 4. The van der Waals surface area contributed by atoms with Gasteiger partial charge in [-0.1, -0.05) is 151 Å². The molecule has 0 spiro atoms. The first kappa shape index (κ1) is 46.2. The van der Waals surface area contributed by atoms with Crippen molar-refractivity contribution in [2.45, 2.75) is 52.4 Å². The highest BCUT2D eigenvalue weighted by atomic mass is 16.3. The van der Waals surface area contributed by atoms with Gasteiger partial charge in [-0.3, -0.25) is 0 Å². The quantitative estimate of drug-likeness (QED) is 0.137. The largest absolute Gasteiger partial charge is 0.456 e. The second kappa shape index (κ2) is 18.6. The SMILES string of the molecule is CC(C)(C)c1cccc(N(c2ccc(-c3cc4cc5cc6cc(-c7ccc(N(c8cccc(-c9ccccc9)c8)c8cccc(C(C)(C)C)c8)cc7)oc6cc5cc4o3)cc2)c2cccc(-c3ccccc3)c2)c1. The van der Waals surface area contributed by atoms with E-state index in [2.05, 4.69) is 294 Å². The Balaban J connectivity index is 0.838. The second-order valence-corrected chi connectivity index (χ2v) is 21.5. The van der Waals surface area contributed by atoms with Crippen LogP contribution in [0.4, 0.5) is 34.1 Å². The normalized spacial score (nSPS) is 11.9. The fraction of sp³-hybridized carbons (Fsp3) is 0.114. The Labute approximate surface area is 434 Å². The first-order chi connectivity index (χ1) is 35.9. The van der Waals surface area contributed by atoms with E-state index in [1.54, 1.807) is 0 Å². The summed E-state index contributed by atoms with van der Waals surface area (Å²) in [5.74, 6) is 1.65. The molecular formula is C70H58N2O2. The van der Waals surface area contributed by atoms with Crippen molar-refractivity contribution >= 4 is 66.8 Å². The Kier molecular flexibility index (Phi) is 11.6. The van der Waals surface area contributed by atoms with Crippen LogP contribution in [0.5, 0.6) is 0 Å². The van der Waals surface area contributed by atoms with E-state index in [0.717, 1.165) is 89.5 Å². The fourth-order valence-corrected chi connectivity index (χ4v) is 10.2. The van der Waals surface area contributed by atoms with Crippen molar-refractivity contribution in [1.29, 1.82) is 0 Å². The maximum absolute atomic E-state index is 6.63. The minimum atomic E-state index is 0.00578. The number of benzene rings is 10. The van der Waals surface area contributed by atoms with Gasteiger partial charge < -0.3 is 18.6 Å². The van der Waals surface area contributed by atoms with Gasteiger partial charge in [0.1, 0.15) is 22.7 Å². The molecule has 360 valence electrons. The third-order valence-electron chi connectivity index (χ3n) is 14.3. The number of furan rings is 2. The maximum Gasteiger partial charge on any atom is 0.135 e. The molecule has 0 radical (unpaired) electrons. The van der Waals surface area contributed by atoms with Crippen molar-refractivity contribution in [3.63, 3.8) is 0 Å². The van der Waals surface area contributed by atoms with Crippen LogP contribution >= 0.6 is 0 Å². The Morgan fingerprint density at radius 1 is 0.257 bits per heavy atom. The number of hydrogen-bond donors (Lipinski definition) is 0. The minimum absolute atomic E-state index is 0.00578. The van der Waals surface area contributed by atoms with Gasteiger partial charge in [0.25, 0.3) is 0 Å². The molecule has 4 heteroatoms. The molecule has 74 heavy (non-hydrogen) atoms. The van der Waals surface area contributed by atoms with E-state index in [0.29, 0.717) is 0 Å². The van der Waals surface area contributed by atoms with E-state index >= 15 is 0 Å². The van der Waals surface area contributed by atoms with Crippen LogP contribution in [0.15, 0.2) is 251 Å². The van der Waals surface area contributed by atoms with Crippen molar-refractivity contribution in [2.75, 3.05) is 9.80 Å². The molecule has 0 atom stereocenters. The summed E-state index contributed by atoms with van der Waals surface area (Å²) >= 11 is 0. The number of nitrogens with zero attached hydrogens (tertiary/aromatic N) is 2. The zero-order chi connectivity index (χ0) is 50.6. The summed E-state index contributed by atoms with van der Waals surface area (Å²) in [7, 11) is 0. The van der Waals surface area contributed by atoms with E-state index in [-0.39, 0.29) is 10.8 Å². The van der Waals surface area contributed by atoms with Gasteiger partial charge in [0.2, 0.25) is 0 Å². The van der Waals surface area contributed by atoms with Gasteiger partial charge in [-0.15, -0.1) is 0 Å². The molecule has 2 aromatic heterocycles. The third-order valence-corrected chi connectivity index (χ3v) is 14.3. The Morgan fingerprint density at radius 2 is 0.608 bits per heavy atom. The number of fused-ring (bicyclic) bond motifs is 3. The lowest BCUT2D eigenvalue weighted by Crippen LogP contribution is -2.14. The second-order valence-electron chi connectivity index (χ2n) is 21.5. The number of rotatable bonds is 10. The van der Waals surface area contributed by atoms with E-state index < -0.39 is 0 Å². The first-order valence-electron chi connectivity index (χ1n) is 25.6. The van der Waals surface area contributed by atoms with E-state index in [9.17, 15) is 0 Å².